The fourth-order valence-electron chi connectivity index (χ4n) is 1.18. The molecule has 14 heavy (non-hydrogen) atoms. The Morgan fingerprint density at radius 2 is 2.29 bits per heavy atom. The molecule has 0 spiro atoms. The molecule has 0 saturated carbocycles. The molecule has 72 valence electrons. The molecule has 0 atom stereocenters. The number of rotatable bonds is 1. The number of aromatic nitrogens is 4. The molecule has 1 heterocycles. The van der Waals surface area contributed by atoms with E-state index in [1.807, 2.05) is 25.1 Å². The number of H-pyrrole nitrogens is 1. The fraction of sp³-hybridized carbons (Fsp3) is 0.125. The maximum Gasteiger partial charge on any atom is 0.242 e. The lowest BCUT2D eigenvalue weighted by atomic mass is 10.2. The van der Waals surface area contributed by atoms with E-state index in [2.05, 4.69) is 15.5 Å². The van der Waals surface area contributed by atoms with E-state index in [1.165, 1.54) is 0 Å². The molecule has 1 aromatic heterocycles. The minimum Gasteiger partial charge on any atom is -0.209 e. The lowest BCUT2D eigenvalue weighted by molar-refractivity contribution is 0.782. The third-order valence-electron chi connectivity index (χ3n) is 1.88. The molecule has 6 heteroatoms. The molecule has 0 radical (unpaired) electrons. The van der Waals surface area contributed by atoms with E-state index in [0.29, 0.717) is 9.79 Å². The van der Waals surface area contributed by atoms with Crippen LogP contribution in [0.4, 0.5) is 0 Å². The van der Waals surface area contributed by atoms with Gasteiger partial charge in [0.15, 0.2) is 0 Å². The van der Waals surface area contributed by atoms with Crippen LogP contribution >= 0.6 is 23.8 Å². The maximum atomic E-state index is 5.88. The van der Waals surface area contributed by atoms with Crippen molar-refractivity contribution in [1.29, 1.82) is 0 Å². The first-order valence-corrected chi connectivity index (χ1v) is 4.74. The number of halogens is 1. The third kappa shape index (κ3) is 1.56. The van der Waals surface area contributed by atoms with E-state index in [0.717, 1.165) is 11.3 Å². The highest BCUT2D eigenvalue weighted by molar-refractivity contribution is 7.71. The van der Waals surface area contributed by atoms with Crippen molar-refractivity contribution in [1.82, 2.24) is 20.2 Å². The van der Waals surface area contributed by atoms with Gasteiger partial charge in [-0.15, -0.1) is 0 Å². The summed E-state index contributed by atoms with van der Waals surface area (Å²) in [5, 5.41) is 10.6. The molecule has 0 fully saturated rings. The number of aromatic amines is 1. The largest absolute Gasteiger partial charge is 0.242 e. The van der Waals surface area contributed by atoms with E-state index < -0.39 is 0 Å². The van der Waals surface area contributed by atoms with E-state index in [9.17, 15) is 0 Å². The Morgan fingerprint density at radius 3 is 2.93 bits per heavy atom. The molecule has 0 unspecified atom stereocenters. The van der Waals surface area contributed by atoms with Crippen molar-refractivity contribution in [3.8, 4) is 5.69 Å². The second-order valence-electron chi connectivity index (χ2n) is 2.85. The van der Waals surface area contributed by atoms with Crippen molar-refractivity contribution < 1.29 is 0 Å². The van der Waals surface area contributed by atoms with Gasteiger partial charge in [0.2, 0.25) is 4.77 Å². The quantitative estimate of drug-likeness (QED) is 0.759. The van der Waals surface area contributed by atoms with Crippen molar-refractivity contribution in [2.24, 2.45) is 0 Å². The summed E-state index contributed by atoms with van der Waals surface area (Å²) < 4.78 is 1.99. The van der Waals surface area contributed by atoms with Crippen LogP contribution in [0.25, 0.3) is 5.69 Å². The van der Waals surface area contributed by atoms with Gasteiger partial charge >= 0.3 is 0 Å². The Balaban J connectivity index is 2.68. The van der Waals surface area contributed by atoms with E-state index in [-0.39, 0.29) is 0 Å². The standard InChI is InChI=1S/C8H7ClN4S/c1-5-2-3-6(9)4-7(5)13-8(14)10-11-12-13/h2-4H,1H3,(H,10,12,14). The van der Waals surface area contributed by atoms with Gasteiger partial charge < -0.3 is 0 Å². The molecule has 2 aromatic rings. The number of nitrogens with zero attached hydrogens (tertiary/aromatic N) is 3. The SMILES string of the molecule is Cc1ccc(Cl)cc1-n1[nH]nnc1=S. The van der Waals surface area contributed by atoms with Crippen LogP contribution in [0.1, 0.15) is 5.56 Å². The van der Waals surface area contributed by atoms with Gasteiger partial charge in [0, 0.05) is 5.02 Å². The normalized spacial score (nSPS) is 10.4. The lowest BCUT2D eigenvalue weighted by Crippen LogP contribution is -1.99. The molecule has 1 aromatic carbocycles. The van der Waals surface area contributed by atoms with Gasteiger partial charge in [0.25, 0.3) is 0 Å². The van der Waals surface area contributed by atoms with Crippen LogP contribution in [0.5, 0.6) is 0 Å². The summed E-state index contributed by atoms with van der Waals surface area (Å²) in [5.74, 6) is 0. The van der Waals surface area contributed by atoms with Gasteiger partial charge in [-0.3, -0.25) is 0 Å². The molecule has 0 amide bonds. The van der Waals surface area contributed by atoms with Crippen molar-refractivity contribution in [3.05, 3.63) is 33.6 Å². The van der Waals surface area contributed by atoms with Gasteiger partial charge in [-0.2, -0.15) is 5.21 Å². The molecular formula is C8H7ClN4S. The first-order chi connectivity index (χ1) is 6.68. The van der Waals surface area contributed by atoms with Crippen LogP contribution in [0.15, 0.2) is 18.2 Å². The minimum absolute atomic E-state index is 0.385. The summed E-state index contributed by atoms with van der Waals surface area (Å²) in [5.41, 5.74) is 1.92. The summed E-state index contributed by atoms with van der Waals surface area (Å²) in [6.07, 6.45) is 0. The smallest absolute Gasteiger partial charge is 0.209 e. The second-order valence-corrected chi connectivity index (χ2v) is 3.65. The number of benzene rings is 1. The highest BCUT2D eigenvalue weighted by Gasteiger charge is 2.03. The molecule has 0 saturated heterocycles. The number of nitrogens with one attached hydrogen (secondary N) is 1. The zero-order valence-corrected chi connectivity index (χ0v) is 8.93. The van der Waals surface area contributed by atoms with Crippen LogP contribution in [-0.4, -0.2) is 20.2 Å². The van der Waals surface area contributed by atoms with Gasteiger partial charge in [-0.1, -0.05) is 28.0 Å². The molecule has 2 rings (SSSR count). The van der Waals surface area contributed by atoms with Crippen LogP contribution in [0.3, 0.4) is 0 Å². The summed E-state index contributed by atoms with van der Waals surface area (Å²) in [4.78, 5) is 0. The van der Waals surface area contributed by atoms with Crippen molar-refractivity contribution in [2.75, 3.05) is 0 Å². The first kappa shape index (κ1) is 9.36. The van der Waals surface area contributed by atoms with E-state index >= 15 is 0 Å². The number of aryl methyl sites for hydroxylation is 1. The topological polar surface area (TPSA) is 46.5 Å². The Hall–Kier alpha value is -1.20. The lowest BCUT2D eigenvalue weighted by Gasteiger charge is -2.04. The monoisotopic (exact) mass is 226 g/mol. The zero-order valence-electron chi connectivity index (χ0n) is 7.36. The van der Waals surface area contributed by atoms with Crippen molar-refractivity contribution >= 4 is 23.8 Å². The minimum atomic E-state index is 0.385. The Morgan fingerprint density at radius 1 is 1.50 bits per heavy atom. The summed E-state index contributed by atoms with van der Waals surface area (Å²) in [7, 11) is 0. The third-order valence-corrected chi connectivity index (χ3v) is 2.38. The van der Waals surface area contributed by atoms with Crippen LogP contribution in [0, 0.1) is 11.7 Å². The second kappa shape index (κ2) is 3.51. The first-order valence-electron chi connectivity index (χ1n) is 3.95. The van der Waals surface area contributed by atoms with Gasteiger partial charge in [0.05, 0.1) is 5.69 Å². The molecular weight excluding hydrogens is 220 g/mol. The van der Waals surface area contributed by atoms with Gasteiger partial charge in [-0.05, 0) is 36.8 Å². The number of tetrazole rings is 1. The van der Waals surface area contributed by atoms with Crippen molar-refractivity contribution in [3.63, 3.8) is 0 Å². The Bertz CT molecular complexity index is 516. The number of hydrogen-bond acceptors (Lipinski definition) is 3. The average Bonchev–Trinajstić information content (AvgIpc) is 2.56. The van der Waals surface area contributed by atoms with Crippen molar-refractivity contribution in [2.45, 2.75) is 6.92 Å². The summed E-state index contributed by atoms with van der Waals surface area (Å²) in [6.45, 7) is 1.97. The van der Waals surface area contributed by atoms with Crippen LogP contribution in [-0.2, 0) is 0 Å². The molecule has 0 aliphatic heterocycles. The molecule has 0 bridgehead atoms. The summed E-state index contributed by atoms with van der Waals surface area (Å²) >= 11 is 10.9. The molecule has 1 N–H and O–H groups in total. The van der Waals surface area contributed by atoms with Crippen LogP contribution < -0.4 is 0 Å². The predicted molar refractivity (Wildman–Crippen MR) is 56.3 cm³/mol. The molecule has 0 aliphatic rings. The van der Waals surface area contributed by atoms with Gasteiger partial charge in [-0.25, -0.2) is 4.68 Å². The average molecular weight is 227 g/mol. The maximum absolute atomic E-state index is 5.88. The van der Waals surface area contributed by atoms with Crippen LogP contribution in [0.2, 0.25) is 5.02 Å². The predicted octanol–water partition coefficient (Wildman–Crippen LogP) is 2.29. The van der Waals surface area contributed by atoms with E-state index in [1.54, 1.807) is 4.68 Å². The van der Waals surface area contributed by atoms with Gasteiger partial charge in [0.1, 0.15) is 0 Å². The van der Waals surface area contributed by atoms with E-state index in [4.69, 9.17) is 23.8 Å². The summed E-state index contributed by atoms with van der Waals surface area (Å²) in [6, 6.07) is 5.56. The Kier molecular flexibility index (Phi) is 2.35. The number of hydrogen-bond donors (Lipinski definition) is 1. The zero-order chi connectivity index (χ0) is 10.1. The fourth-order valence-corrected chi connectivity index (χ4v) is 1.52. The highest BCUT2D eigenvalue weighted by Crippen LogP contribution is 2.18. The molecule has 0 aliphatic carbocycles. The molecule has 4 nitrogen and oxygen atoms in total. The highest BCUT2D eigenvalue weighted by atomic mass is 35.5. The Labute approximate surface area is 90.5 Å².